The molecule has 3 heteroatoms. The predicted octanol–water partition coefficient (Wildman–Crippen LogP) is 1.55. The van der Waals surface area contributed by atoms with Crippen LogP contribution in [0.5, 0.6) is 0 Å². The van der Waals surface area contributed by atoms with Crippen molar-refractivity contribution in [3.63, 3.8) is 0 Å². The quantitative estimate of drug-likeness (QED) is 0.776. The molecule has 0 aliphatic heterocycles. The smallest absolute Gasteiger partial charge is 0.0590 e. The fourth-order valence-electron chi connectivity index (χ4n) is 1.18. The summed E-state index contributed by atoms with van der Waals surface area (Å²) in [7, 11) is 0. The maximum atomic E-state index is 8.74. The fourth-order valence-corrected chi connectivity index (χ4v) is 2.12. The van der Waals surface area contributed by atoms with Crippen molar-refractivity contribution in [2.45, 2.75) is 18.7 Å². The molecular formula is C11H17NOS. The first-order valence-electron chi connectivity index (χ1n) is 4.72. The summed E-state index contributed by atoms with van der Waals surface area (Å²) in [6.07, 6.45) is 0. The van der Waals surface area contributed by atoms with Crippen molar-refractivity contribution in [1.82, 2.24) is 0 Å². The molecule has 14 heavy (non-hydrogen) atoms. The zero-order valence-corrected chi connectivity index (χ0v) is 9.26. The van der Waals surface area contributed by atoms with E-state index < -0.39 is 0 Å². The Balaban J connectivity index is 2.31. The molecule has 0 radical (unpaired) electrons. The van der Waals surface area contributed by atoms with Crippen LogP contribution in [0.15, 0.2) is 24.3 Å². The summed E-state index contributed by atoms with van der Waals surface area (Å²) in [5.74, 6) is 1.78. The molecule has 0 spiro atoms. The Hall–Kier alpha value is -0.510. The number of nitrogens with two attached hydrogens (primary N) is 1. The third-order valence-electron chi connectivity index (χ3n) is 1.92. The van der Waals surface area contributed by atoms with E-state index in [0.717, 1.165) is 11.5 Å². The molecule has 1 aromatic rings. The predicted molar refractivity (Wildman–Crippen MR) is 62.4 cm³/mol. The summed E-state index contributed by atoms with van der Waals surface area (Å²) >= 11 is 1.76. The lowest BCUT2D eigenvalue weighted by Gasteiger charge is -2.07. The molecule has 0 bridgehead atoms. The minimum Gasteiger partial charge on any atom is -0.395 e. The van der Waals surface area contributed by atoms with Gasteiger partial charge in [0.2, 0.25) is 0 Å². The van der Waals surface area contributed by atoms with Crippen molar-refractivity contribution < 1.29 is 5.11 Å². The van der Waals surface area contributed by atoms with Crippen LogP contribution in [-0.2, 0) is 5.75 Å². The van der Waals surface area contributed by atoms with E-state index >= 15 is 0 Å². The van der Waals surface area contributed by atoms with Gasteiger partial charge in [-0.3, -0.25) is 0 Å². The van der Waals surface area contributed by atoms with Gasteiger partial charge in [-0.1, -0.05) is 29.8 Å². The highest BCUT2D eigenvalue weighted by molar-refractivity contribution is 7.98. The van der Waals surface area contributed by atoms with E-state index in [9.17, 15) is 0 Å². The largest absolute Gasteiger partial charge is 0.395 e. The maximum Gasteiger partial charge on any atom is 0.0590 e. The molecule has 78 valence electrons. The van der Waals surface area contributed by atoms with Gasteiger partial charge in [-0.15, -0.1) is 0 Å². The standard InChI is InChI=1S/C11H17NOS/c1-9-3-2-4-10(5-9)7-14-8-11(12)6-13/h2-5,11,13H,6-8,12H2,1H3. The van der Waals surface area contributed by atoms with E-state index in [-0.39, 0.29) is 12.6 Å². The zero-order valence-electron chi connectivity index (χ0n) is 8.44. The van der Waals surface area contributed by atoms with Crippen molar-refractivity contribution in [2.75, 3.05) is 12.4 Å². The third kappa shape index (κ3) is 4.13. The van der Waals surface area contributed by atoms with Crippen LogP contribution in [0.25, 0.3) is 0 Å². The van der Waals surface area contributed by atoms with Crippen molar-refractivity contribution in [3.05, 3.63) is 35.4 Å². The van der Waals surface area contributed by atoms with E-state index in [0.29, 0.717) is 0 Å². The highest BCUT2D eigenvalue weighted by atomic mass is 32.2. The van der Waals surface area contributed by atoms with Crippen LogP contribution in [-0.4, -0.2) is 23.5 Å². The summed E-state index contributed by atoms with van der Waals surface area (Å²) in [5, 5.41) is 8.74. The normalized spacial score (nSPS) is 12.8. The Kier molecular flexibility index (Phi) is 5.01. The van der Waals surface area contributed by atoms with Gasteiger partial charge in [-0.25, -0.2) is 0 Å². The minimum atomic E-state index is -0.0928. The number of aliphatic hydroxyl groups excluding tert-OH is 1. The second kappa shape index (κ2) is 6.06. The lowest BCUT2D eigenvalue weighted by atomic mass is 10.2. The second-order valence-electron chi connectivity index (χ2n) is 3.45. The molecular weight excluding hydrogens is 194 g/mol. The Morgan fingerprint density at radius 3 is 2.93 bits per heavy atom. The molecule has 1 atom stereocenters. The molecule has 0 saturated carbocycles. The molecule has 0 aliphatic rings. The Bertz CT molecular complexity index is 278. The average molecular weight is 211 g/mol. The van der Waals surface area contributed by atoms with E-state index in [4.69, 9.17) is 10.8 Å². The van der Waals surface area contributed by atoms with Gasteiger partial charge in [0, 0.05) is 17.5 Å². The summed E-state index contributed by atoms with van der Waals surface area (Å²) in [4.78, 5) is 0. The van der Waals surface area contributed by atoms with Crippen molar-refractivity contribution in [1.29, 1.82) is 0 Å². The van der Waals surface area contributed by atoms with Crippen LogP contribution in [0.3, 0.4) is 0 Å². The van der Waals surface area contributed by atoms with Gasteiger partial charge >= 0.3 is 0 Å². The summed E-state index contributed by atoms with van der Waals surface area (Å²) in [6, 6.07) is 8.36. The van der Waals surface area contributed by atoms with Crippen LogP contribution < -0.4 is 5.73 Å². The van der Waals surface area contributed by atoms with E-state index in [1.54, 1.807) is 11.8 Å². The van der Waals surface area contributed by atoms with Crippen LogP contribution in [0.1, 0.15) is 11.1 Å². The number of aliphatic hydroxyl groups is 1. The highest BCUT2D eigenvalue weighted by Crippen LogP contribution is 2.13. The van der Waals surface area contributed by atoms with E-state index in [1.165, 1.54) is 11.1 Å². The lowest BCUT2D eigenvalue weighted by molar-refractivity contribution is 0.275. The summed E-state index contributed by atoms with van der Waals surface area (Å²) in [5.41, 5.74) is 8.20. The molecule has 2 nitrogen and oxygen atoms in total. The first kappa shape index (κ1) is 11.6. The van der Waals surface area contributed by atoms with Crippen molar-refractivity contribution >= 4 is 11.8 Å². The van der Waals surface area contributed by atoms with Gasteiger partial charge < -0.3 is 10.8 Å². The average Bonchev–Trinajstić information content (AvgIpc) is 2.17. The third-order valence-corrected chi connectivity index (χ3v) is 3.12. The summed E-state index contributed by atoms with van der Waals surface area (Å²) in [6.45, 7) is 2.16. The SMILES string of the molecule is Cc1cccc(CSCC(N)CO)c1. The molecule has 1 aromatic carbocycles. The van der Waals surface area contributed by atoms with Gasteiger partial charge in [0.1, 0.15) is 0 Å². The molecule has 0 aliphatic carbocycles. The molecule has 0 aromatic heterocycles. The van der Waals surface area contributed by atoms with Crippen molar-refractivity contribution in [3.8, 4) is 0 Å². The van der Waals surface area contributed by atoms with Crippen LogP contribution >= 0.6 is 11.8 Å². The first-order valence-corrected chi connectivity index (χ1v) is 5.87. The Labute approximate surface area is 89.5 Å². The lowest BCUT2D eigenvalue weighted by Crippen LogP contribution is -2.26. The van der Waals surface area contributed by atoms with Crippen LogP contribution in [0, 0.1) is 6.92 Å². The highest BCUT2D eigenvalue weighted by Gasteiger charge is 2.00. The Morgan fingerprint density at radius 1 is 1.50 bits per heavy atom. The number of hydrogen-bond acceptors (Lipinski definition) is 3. The molecule has 3 N–H and O–H groups in total. The van der Waals surface area contributed by atoms with Crippen LogP contribution in [0.2, 0.25) is 0 Å². The number of rotatable bonds is 5. The van der Waals surface area contributed by atoms with Gasteiger partial charge in [0.25, 0.3) is 0 Å². The zero-order chi connectivity index (χ0) is 10.4. The topological polar surface area (TPSA) is 46.2 Å². The first-order chi connectivity index (χ1) is 6.72. The fraction of sp³-hybridized carbons (Fsp3) is 0.455. The second-order valence-corrected chi connectivity index (χ2v) is 4.48. The van der Waals surface area contributed by atoms with Crippen LogP contribution in [0.4, 0.5) is 0 Å². The number of aryl methyl sites for hydroxylation is 1. The molecule has 0 heterocycles. The van der Waals surface area contributed by atoms with Gasteiger partial charge in [-0.05, 0) is 12.5 Å². The molecule has 0 fully saturated rings. The van der Waals surface area contributed by atoms with Gasteiger partial charge in [0.15, 0.2) is 0 Å². The molecule has 0 amide bonds. The maximum absolute atomic E-state index is 8.74. The Morgan fingerprint density at radius 2 is 2.29 bits per heavy atom. The number of hydrogen-bond donors (Lipinski definition) is 2. The van der Waals surface area contributed by atoms with E-state index in [2.05, 4.69) is 31.2 Å². The number of benzene rings is 1. The van der Waals surface area contributed by atoms with Gasteiger partial charge in [-0.2, -0.15) is 11.8 Å². The minimum absolute atomic E-state index is 0.0703. The summed E-state index contributed by atoms with van der Waals surface area (Å²) < 4.78 is 0. The van der Waals surface area contributed by atoms with E-state index in [1.807, 2.05) is 0 Å². The molecule has 1 unspecified atom stereocenters. The molecule has 0 saturated heterocycles. The monoisotopic (exact) mass is 211 g/mol. The number of thioether (sulfide) groups is 1. The molecule has 1 rings (SSSR count). The van der Waals surface area contributed by atoms with Crippen molar-refractivity contribution in [2.24, 2.45) is 5.73 Å². The van der Waals surface area contributed by atoms with Gasteiger partial charge in [0.05, 0.1) is 6.61 Å².